The number of hydrogen-bond acceptors (Lipinski definition) is 6. The van der Waals surface area contributed by atoms with E-state index >= 15 is 0 Å². The van der Waals surface area contributed by atoms with Gasteiger partial charge in [-0.25, -0.2) is 4.79 Å². The Kier molecular flexibility index (Phi) is 5.56. The van der Waals surface area contributed by atoms with Gasteiger partial charge in [0.05, 0.1) is 18.1 Å². The molecule has 0 saturated heterocycles. The van der Waals surface area contributed by atoms with Gasteiger partial charge in [-0.1, -0.05) is 24.8 Å². The third-order valence-electron chi connectivity index (χ3n) is 3.87. The van der Waals surface area contributed by atoms with Crippen molar-refractivity contribution < 1.29 is 23.4 Å². The number of hydrogen-bond donors (Lipinski definition) is 0. The number of methoxy groups -OCH3 is 1. The van der Waals surface area contributed by atoms with E-state index in [0.29, 0.717) is 28.0 Å². The first kappa shape index (κ1) is 18.3. The maximum atomic E-state index is 12.8. The molecule has 1 aromatic heterocycles. The van der Waals surface area contributed by atoms with Crippen LogP contribution in [-0.2, 0) is 9.53 Å². The Hall–Kier alpha value is -3.54. The second-order valence-electron chi connectivity index (χ2n) is 5.63. The molecule has 2 aromatic carbocycles. The molecule has 3 rings (SSSR count). The van der Waals surface area contributed by atoms with Crippen LogP contribution in [0.1, 0.15) is 0 Å². The second kappa shape index (κ2) is 8.23. The van der Waals surface area contributed by atoms with Gasteiger partial charge >= 0.3 is 5.97 Å². The fraction of sp³-hybridized carbons (Fsp3) is 0.143. The maximum absolute atomic E-state index is 12.8. The molecule has 138 valence electrons. The fourth-order valence-electron chi connectivity index (χ4n) is 2.50. The van der Waals surface area contributed by atoms with E-state index in [9.17, 15) is 9.59 Å². The van der Waals surface area contributed by atoms with Crippen LogP contribution < -0.4 is 14.9 Å². The molecule has 0 fully saturated rings. The third-order valence-corrected chi connectivity index (χ3v) is 3.87. The highest BCUT2D eigenvalue weighted by Crippen LogP contribution is 2.24. The van der Waals surface area contributed by atoms with Crippen LogP contribution >= 0.6 is 0 Å². The van der Waals surface area contributed by atoms with Crippen molar-refractivity contribution in [2.75, 3.05) is 20.3 Å². The van der Waals surface area contributed by atoms with Gasteiger partial charge in [-0.15, -0.1) is 0 Å². The molecule has 0 aliphatic heterocycles. The van der Waals surface area contributed by atoms with E-state index in [1.807, 2.05) is 0 Å². The van der Waals surface area contributed by atoms with Crippen molar-refractivity contribution in [2.24, 2.45) is 0 Å². The molecule has 6 heteroatoms. The summed E-state index contributed by atoms with van der Waals surface area (Å²) in [6.45, 7) is 3.35. The van der Waals surface area contributed by atoms with Crippen molar-refractivity contribution in [2.45, 2.75) is 0 Å². The van der Waals surface area contributed by atoms with Crippen LogP contribution in [0.3, 0.4) is 0 Å². The van der Waals surface area contributed by atoms with Gasteiger partial charge in [0.15, 0.2) is 12.0 Å². The summed E-state index contributed by atoms with van der Waals surface area (Å²) in [7, 11) is 1.58. The Morgan fingerprint density at radius 1 is 1.15 bits per heavy atom. The number of fused-ring (bicyclic) bond motifs is 1. The molecular formula is C21H18O6. The minimum absolute atomic E-state index is 0.128. The van der Waals surface area contributed by atoms with Crippen molar-refractivity contribution in [1.29, 1.82) is 0 Å². The highest BCUT2D eigenvalue weighted by atomic mass is 16.6. The molecule has 0 aliphatic rings. The molecule has 0 spiro atoms. The number of esters is 1. The molecule has 0 aliphatic carbocycles. The normalized spacial score (nSPS) is 10.4. The Labute approximate surface area is 155 Å². The van der Waals surface area contributed by atoms with Crippen LogP contribution in [0.2, 0.25) is 0 Å². The summed E-state index contributed by atoms with van der Waals surface area (Å²) in [5, 5.41) is 0.421. The van der Waals surface area contributed by atoms with Gasteiger partial charge in [-0.3, -0.25) is 4.79 Å². The molecule has 0 saturated carbocycles. The van der Waals surface area contributed by atoms with E-state index in [1.165, 1.54) is 12.3 Å². The monoisotopic (exact) mass is 366 g/mol. The zero-order valence-electron chi connectivity index (χ0n) is 14.8. The first-order chi connectivity index (χ1) is 13.1. The average Bonchev–Trinajstić information content (AvgIpc) is 2.71. The van der Waals surface area contributed by atoms with Crippen molar-refractivity contribution in [3.8, 4) is 22.6 Å². The lowest BCUT2D eigenvalue weighted by molar-refractivity contribution is -0.144. The quantitative estimate of drug-likeness (QED) is 0.470. The van der Waals surface area contributed by atoms with E-state index in [-0.39, 0.29) is 18.6 Å². The number of benzene rings is 2. The Morgan fingerprint density at radius 2 is 1.89 bits per heavy atom. The molecule has 3 aromatic rings. The number of carbonyl (C=O) groups is 1. The number of ether oxygens (including phenoxy) is 3. The summed E-state index contributed by atoms with van der Waals surface area (Å²) >= 11 is 0. The first-order valence-corrected chi connectivity index (χ1v) is 8.21. The van der Waals surface area contributed by atoms with Crippen LogP contribution in [0.15, 0.2) is 70.6 Å². The van der Waals surface area contributed by atoms with Crippen LogP contribution in [0, 0.1) is 0 Å². The zero-order chi connectivity index (χ0) is 19.2. The van der Waals surface area contributed by atoms with Crippen molar-refractivity contribution in [3.63, 3.8) is 0 Å². The Bertz CT molecular complexity index is 1020. The Balaban J connectivity index is 1.83. The lowest BCUT2D eigenvalue weighted by atomic mass is 10.1. The fourth-order valence-corrected chi connectivity index (χ4v) is 2.50. The predicted molar refractivity (Wildman–Crippen MR) is 101 cm³/mol. The minimum Gasteiger partial charge on any atom is -0.497 e. The number of rotatable bonds is 7. The molecule has 1 heterocycles. The van der Waals surface area contributed by atoms with Crippen LogP contribution in [0.25, 0.3) is 22.1 Å². The molecule has 0 N–H and O–H groups in total. The predicted octanol–water partition coefficient (Wildman–Crippen LogP) is 3.58. The second-order valence-corrected chi connectivity index (χ2v) is 5.63. The number of carbonyl (C=O) groups excluding carboxylic acids is 1. The third kappa shape index (κ3) is 4.17. The lowest BCUT2D eigenvalue weighted by Crippen LogP contribution is -2.14. The van der Waals surface area contributed by atoms with E-state index in [2.05, 4.69) is 6.58 Å². The SMILES string of the molecule is C=CCOC(=O)COc1ccc2c(=O)c(-c3ccc(OC)cc3)coc2c1. The Morgan fingerprint density at radius 3 is 2.59 bits per heavy atom. The molecule has 0 bridgehead atoms. The topological polar surface area (TPSA) is 75.0 Å². The minimum atomic E-state index is -0.508. The van der Waals surface area contributed by atoms with Gasteiger partial charge < -0.3 is 18.6 Å². The maximum Gasteiger partial charge on any atom is 0.344 e. The van der Waals surface area contributed by atoms with Gasteiger partial charge in [0.2, 0.25) is 0 Å². The van der Waals surface area contributed by atoms with E-state index in [4.69, 9.17) is 18.6 Å². The average molecular weight is 366 g/mol. The molecule has 0 radical (unpaired) electrons. The smallest absolute Gasteiger partial charge is 0.344 e. The van der Waals surface area contributed by atoms with Gasteiger partial charge in [0.25, 0.3) is 0 Å². The van der Waals surface area contributed by atoms with Gasteiger partial charge in [-0.05, 0) is 29.8 Å². The van der Waals surface area contributed by atoms with E-state index in [0.717, 1.165) is 5.56 Å². The van der Waals surface area contributed by atoms with Crippen LogP contribution in [-0.4, -0.2) is 26.3 Å². The van der Waals surface area contributed by atoms with Crippen LogP contribution in [0.5, 0.6) is 11.5 Å². The lowest BCUT2D eigenvalue weighted by Gasteiger charge is -2.07. The highest BCUT2D eigenvalue weighted by Gasteiger charge is 2.11. The summed E-state index contributed by atoms with van der Waals surface area (Å²) in [6.07, 6.45) is 2.89. The summed E-state index contributed by atoms with van der Waals surface area (Å²) in [6, 6.07) is 11.9. The molecule has 27 heavy (non-hydrogen) atoms. The van der Waals surface area contributed by atoms with Crippen molar-refractivity contribution in [1.82, 2.24) is 0 Å². The molecule has 0 atom stereocenters. The van der Waals surface area contributed by atoms with Gasteiger partial charge in [0, 0.05) is 6.07 Å². The summed E-state index contributed by atoms with van der Waals surface area (Å²) in [4.78, 5) is 24.2. The molecule has 0 unspecified atom stereocenters. The molecule has 6 nitrogen and oxygen atoms in total. The summed E-state index contributed by atoms with van der Waals surface area (Å²) in [5.74, 6) is 0.599. The van der Waals surface area contributed by atoms with E-state index in [1.54, 1.807) is 49.6 Å². The standard InChI is InChI=1S/C21H18O6/c1-3-10-25-20(22)13-26-16-8-9-17-19(11-16)27-12-18(21(17)23)14-4-6-15(24-2)7-5-14/h3-9,11-12H,1,10,13H2,2H3. The summed E-state index contributed by atoms with van der Waals surface area (Å²) in [5.41, 5.74) is 1.40. The zero-order valence-corrected chi connectivity index (χ0v) is 14.8. The summed E-state index contributed by atoms with van der Waals surface area (Å²) < 4.78 is 20.9. The molecule has 0 amide bonds. The molecular weight excluding hydrogens is 348 g/mol. The van der Waals surface area contributed by atoms with Gasteiger partial charge in [0.1, 0.15) is 30.0 Å². The van der Waals surface area contributed by atoms with Crippen LogP contribution in [0.4, 0.5) is 0 Å². The highest BCUT2D eigenvalue weighted by molar-refractivity contribution is 5.82. The van der Waals surface area contributed by atoms with Gasteiger partial charge in [-0.2, -0.15) is 0 Å². The van der Waals surface area contributed by atoms with E-state index < -0.39 is 5.97 Å². The van der Waals surface area contributed by atoms with Crippen molar-refractivity contribution >= 4 is 16.9 Å². The largest absolute Gasteiger partial charge is 0.497 e. The van der Waals surface area contributed by atoms with Crippen molar-refractivity contribution in [3.05, 3.63) is 71.6 Å². The first-order valence-electron chi connectivity index (χ1n) is 8.21.